The van der Waals surface area contributed by atoms with Crippen molar-refractivity contribution in [2.24, 2.45) is 0 Å². The molecule has 1 N–H and O–H groups in total. The molecule has 2 aromatic carbocycles. The average molecular weight is 761 g/mol. The van der Waals surface area contributed by atoms with Crippen LogP contribution in [0.1, 0.15) is 36.8 Å². The van der Waals surface area contributed by atoms with Gasteiger partial charge in [-0.1, -0.05) is 0 Å². The van der Waals surface area contributed by atoms with E-state index in [0.29, 0.717) is 55.3 Å². The fourth-order valence-corrected chi connectivity index (χ4v) is 7.11. The van der Waals surface area contributed by atoms with Gasteiger partial charge in [-0.3, -0.25) is 9.13 Å². The molecule has 6 heterocycles. The standard InChI is InChI=1S/C18H17F3N2O6S.C17H18N2O4/c19-18(20,21)30(25,26)29-12-3-4-14-11(8-12)5-6-23-15(14)9-16(22-17(23)24)28-10-13-2-1-7-27-13;20-12-3-4-14-11(8-12)5-6-19-15(14)9-16(18-17(19)21)23-10-13-2-1-7-22-13/h3-4,8-9,13H,1-2,5-7,10H2;3-4,8-9,13,20H,1-2,5-7,10H2. The summed E-state index contributed by atoms with van der Waals surface area (Å²) in [6.45, 7) is 2.89. The summed E-state index contributed by atoms with van der Waals surface area (Å²) >= 11 is 0. The number of rotatable bonds is 8. The summed E-state index contributed by atoms with van der Waals surface area (Å²) in [6, 6.07) is 12.3. The summed E-state index contributed by atoms with van der Waals surface area (Å²) in [5.74, 6) is 0.237. The van der Waals surface area contributed by atoms with Crippen LogP contribution < -0.4 is 25.0 Å². The summed E-state index contributed by atoms with van der Waals surface area (Å²) < 4.78 is 89.6. The van der Waals surface area contributed by atoms with Gasteiger partial charge in [-0.25, -0.2) is 9.59 Å². The lowest BCUT2D eigenvalue weighted by Crippen LogP contribution is -2.29. The summed E-state index contributed by atoms with van der Waals surface area (Å²) in [5.41, 5.74) is -2.01. The first-order valence-corrected chi connectivity index (χ1v) is 18.4. The Morgan fingerprint density at radius 1 is 0.774 bits per heavy atom. The van der Waals surface area contributed by atoms with E-state index in [4.69, 9.17) is 18.9 Å². The van der Waals surface area contributed by atoms with Crippen molar-refractivity contribution in [3.8, 4) is 45.8 Å². The van der Waals surface area contributed by atoms with E-state index >= 15 is 0 Å². The van der Waals surface area contributed by atoms with Crippen molar-refractivity contribution >= 4 is 10.1 Å². The molecule has 2 saturated heterocycles. The lowest BCUT2D eigenvalue weighted by atomic mass is 9.97. The summed E-state index contributed by atoms with van der Waals surface area (Å²) in [5, 5.41) is 9.63. The van der Waals surface area contributed by atoms with Gasteiger partial charge in [-0.05, 0) is 86.1 Å². The van der Waals surface area contributed by atoms with Crippen LogP contribution in [0.5, 0.6) is 23.3 Å². The SMILES string of the molecule is O=c1nc(OCC2CCCO2)cc2n1CCc1cc(O)ccc1-2.O=c1nc(OCC2CCCO2)cc2n1CCc1cc(OS(=O)(=O)C(F)(F)F)ccc1-2. The van der Waals surface area contributed by atoms with E-state index < -0.39 is 27.1 Å². The van der Waals surface area contributed by atoms with E-state index in [2.05, 4.69) is 14.2 Å². The number of alkyl halides is 3. The number of aromatic nitrogens is 4. The molecular weight excluding hydrogens is 725 g/mol. The molecule has 53 heavy (non-hydrogen) atoms. The van der Waals surface area contributed by atoms with Gasteiger partial charge in [0.2, 0.25) is 11.8 Å². The number of hydrogen-bond donors (Lipinski definition) is 1. The van der Waals surface area contributed by atoms with Crippen LogP contribution in [0.15, 0.2) is 58.1 Å². The molecule has 4 aromatic rings. The molecule has 282 valence electrons. The normalized spacial score (nSPS) is 18.8. The topological polar surface area (TPSA) is 170 Å². The van der Waals surface area contributed by atoms with Gasteiger partial charge in [0.25, 0.3) is 0 Å². The fourth-order valence-electron chi connectivity index (χ4n) is 6.66. The van der Waals surface area contributed by atoms with E-state index in [1.165, 1.54) is 16.7 Å². The van der Waals surface area contributed by atoms with E-state index in [9.17, 15) is 36.3 Å². The number of benzene rings is 2. The molecule has 0 amide bonds. The van der Waals surface area contributed by atoms with Crippen molar-refractivity contribution in [1.82, 2.24) is 19.1 Å². The zero-order valence-corrected chi connectivity index (χ0v) is 29.0. The Balaban J connectivity index is 0.000000170. The molecule has 4 aliphatic rings. The Morgan fingerprint density at radius 2 is 1.28 bits per heavy atom. The third-order valence-electron chi connectivity index (χ3n) is 9.27. The second kappa shape index (κ2) is 14.8. The number of phenolic OH excluding ortho intramolecular Hbond substituents is 1. The Labute approximate surface area is 300 Å². The van der Waals surface area contributed by atoms with Crippen LogP contribution >= 0.6 is 0 Å². The predicted octanol–water partition coefficient (Wildman–Crippen LogP) is 3.98. The van der Waals surface area contributed by atoms with Gasteiger partial charge in [-0.15, -0.1) is 0 Å². The maximum absolute atomic E-state index is 12.5. The minimum absolute atomic E-state index is 0.0619. The molecule has 2 fully saturated rings. The monoisotopic (exact) mass is 760 g/mol. The Kier molecular flexibility index (Phi) is 10.2. The van der Waals surface area contributed by atoms with Gasteiger partial charge >= 0.3 is 27.0 Å². The molecule has 2 unspecified atom stereocenters. The molecule has 0 aliphatic carbocycles. The van der Waals surface area contributed by atoms with Gasteiger partial charge in [0.05, 0.1) is 23.6 Å². The highest BCUT2D eigenvalue weighted by Crippen LogP contribution is 2.35. The number of hydrogen-bond acceptors (Lipinski definition) is 12. The zero-order valence-electron chi connectivity index (χ0n) is 28.2. The Hall–Kier alpha value is -4.94. The largest absolute Gasteiger partial charge is 0.534 e. The van der Waals surface area contributed by atoms with Gasteiger partial charge in [0.1, 0.15) is 24.7 Å². The summed E-state index contributed by atoms with van der Waals surface area (Å²) in [6.07, 6.45) is 4.84. The third kappa shape index (κ3) is 8.03. The number of nitrogens with zero attached hydrogens (tertiary/aromatic N) is 4. The van der Waals surface area contributed by atoms with Crippen LogP contribution in [-0.2, 0) is 45.5 Å². The van der Waals surface area contributed by atoms with Crippen LogP contribution in [0.3, 0.4) is 0 Å². The van der Waals surface area contributed by atoms with Crippen molar-refractivity contribution in [2.45, 2.75) is 69.3 Å². The average Bonchev–Trinajstić information content (AvgIpc) is 3.84. The lowest BCUT2D eigenvalue weighted by Gasteiger charge is -2.22. The molecule has 2 atom stereocenters. The van der Waals surface area contributed by atoms with E-state index in [1.807, 2.05) is 6.07 Å². The van der Waals surface area contributed by atoms with Gasteiger partial charge < -0.3 is 28.2 Å². The number of halogens is 3. The fraction of sp³-hybridized carbons (Fsp3) is 0.429. The first-order valence-electron chi connectivity index (χ1n) is 17.0. The van der Waals surface area contributed by atoms with Crippen LogP contribution in [0.4, 0.5) is 13.2 Å². The van der Waals surface area contributed by atoms with Gasteiger partial charge in [-0.2, -0.15) is 31.6 Å². The van der Waals surface area contributed by atoms with Crippen LogP contribution in [0.2, 0.25) is 0 Å². The number of aromatic hydroxyl groups is 1. The highest BCUT2D eigenvalue weighted by molar-refractivity contribution is 7.88. The highest BCUT2D eigenvalue weighted by atomic mass is 32.2. The second-order valence-corrected chi connectivity index (χ2v) is 14.4. The molecule has 4 aliphatic heterocycles. The molecule has 0 radical (unpaired) electrons. The second-order valence-electron chi connectivity index (χ2n) is 12.9. The number of fused-ring (bicyclic) bond motifs is 6. The first kappa shape index (κ1) is 36.4. The number of ether oxygens (including phenoxy) is 4. The maximum atomic E-state index is 12.5. The Morgan fingerprint density at radius 3 is 1.77 bits per heavy atom. The van der Waals surface area contributed by atoms with Crippen LogP contribution in [0, 0.1) is 0 Å². The third-order valence-corrected chi connectivity index (χ3v) is 10.3. The number of aryl methyl sites for hydroxylation is 2. The summed E-state index contributed by atoms with van der Waals surface area (Å²) in [7, 11) is -5.76. The molecule has 18 heteroatoms. The van der Waals surface area contributed by atoms with Gasteiger partial charge in [0, 0.05) is 49.6 Å². The maximum Gasteiger partial charge on any atom is 0.534 e. The minimum Gasteiger partial charge on any atom is -0.508 e. The van der Waals surface area contributed by atoms with Crippen molar-refractivity contribution in [2.75, 3.05) is 26.4 Å². The van der Waals surface area contributed by atoms with E-state index in [1.54, 1.807) is 28.8 Å². The first-order chi connectivity index (χ1) is 25.3. The quantitative estimate of drug-likeness (QED) is 0.203. The zero-order chi connectivity index (χ0) is 37.3. The molecule has 14 nitrogen and oxygen atoms in total. The minimum atomic E-state index is -5.76. The molecule has 2 aromatic heterocycles. The molecule has 0 bridgehead atoms. The van der Waals surface area contributed by atoms with Gasteiger partial charge in [0.15, 0.2) is 0 Å². The lowest BCUT2D eigenvalue weighted by molar-refractivity contribution is -0.0500. The summed E-state index contributed by atoms with van der Waals surface area (Å²) in [4.78, 5) is 32.5. The van der Waals surface area contributed by atoms with Crippen LogP contribution in [-0.4, -0.2) is 76.8 Å². The van der Waals surface area contributed by atoms with E-state index in [0.717, 1.165) is 55.2 Å². The van der Waals surface area contributed by atoms with Crippen molar-refractivity contribution in [1.29, 1.82) is 0 Å². The molecule has 8 rings (SSSR count). The van der Waals surface area contributed by atoms with Crippen LogP contribution in [0.25, 0.3) is 22.5 Å². The number of phenols is 1. The predicted molar refractivity (Wildman–Crippen MR) is 181 cm³/mol. The molecular formula is C35H35F3N4O10S. The smallest absolute Gasteiger partial charge is 0.508 e. The highest BCUT2D eigenvalue weighted by Gasteiger charge is 2.48. The molecule has 0 saturated carbocycles. The van der Waals surface area contributed by atoms with Crippen molar-refractivity contribution in [3.63, 3.8) is 0 Å². The van der Waals surface area contributed by atoms with Crippen molar-refractivity contribution in [3.05, 3.63) is 80.6 Å². The Bertz CT molecular complexity index is 2230. The molecule has 0 spiro atoms. The van der Waals surface area contributed by atoms with Crippen molar-refractivity contribution < 1.29 is 49.8 Å². The van der Waals surface area contributed by atoms with E-state index in [-0.39, 0.29) is 42.7 Å².